The molecular weight excluding hydrogens is 296 g/mol. The fraction of sp³-hybridized carbons (Fsp3) is 0.600. The molecule has 2 atom stereocenters. The number of aromatic amines is 1. The molecule has 24 heavy (non-hydrogen) atoms. The number of hydrogen-bond acceptors (Lipinski definition) is 3. The van der Waals surface area contributed by atoms with E-state index in [1.165, 1.54) is 16.5 Å². The molecule has 3 N–H and O–H groups in total. The van der Waals surface area contributed by atoms with Gasteiger partial charge in [-0.2, -0.15) is 0 Å². The van der Waals surface area contributed by atoms with E-state index in [-0.39, 0.29) is 0 Å². The summed E-state index contributed by atoms with van der Waals surface area (Å²) >= 11 is 0. The molecular formula is C20H34N4. The van der Waals surface area contributed by atoms with Gasteiger partial charge in [0.1, 0.15) is 0 Å². The minimum absolute atomic E-state index is 0.447. The molecule has 1 aromatic rings. The Labute approximate surface area is 146 Å². The molecule has 2 unspecified atom stereocenters. The van der Waals surface area contributed by atoms with Crippen LogP contribution in [0.25, 0.3) is 12.7 Å². The summed E-state index contributed by atoms with van der Waals surface area (Å²) in [7, 11) is 2.15. The van der Waals surface area contributed by atoms with Crippen LogP contribution in [0.5, 0.6) is 0 Å². The molecule has 4 nitrogen and oxygen atoms in total. The van der Waals surface area contributed by atoms with E-state index in [0.29, 0.717) is 12.0 Å². The van der Waals surface area contributed by atoms with Crippen LogP contribution in [0.1, 0.15) is 44.9 Å². The number of fused-ring (bicyclic) bond motifs is 1. The third-order valence-electron chi connectivity index (χ3n) is 5.35. The quantitative estimate of drug-likeness (QED) is 0.801. The van der Waals surface area contributed by atoms with Crippen molar-refractivity contribution in [1.82, 2.24) is 14.8 Å². The molecule has 1 aliphatic heterocycles. The van der Waals surface area contributed by atoms with Crippen LogP contribution in [-0.4, -0.2) is 41.0 Å². The summed E-state index contributed by atoms with van der Waals surface area (Å²) in [6, 6.07) is 0.447. The van der Waals surface area contributed by atoms with Crippen LogP contribution in [0.3, 0.4) is 0 Å². The standard InChI is InChI=1S/C20H34N4/c1-7-18-16(4)22-20-13-24(15(3)12-19(18)20)17(5)23(6)11-9-14(2)8-10-21/h7,14-15,22H,4-5,8-13,21H2,1-3,6H3/b18-7+. The topological polar surface area (TPSA) is 48.3 Å². The van der Waals surface area contributed by atoms with Crippen molar-refractivity contribution in [1.29, 1.82) is 0 Å². The predicted molar refractivity (Wildman–Crippen MR) is 104 cm³/mol. The van der Waals surface area contributed by atoms with Gasteiger partial charge in [0.2, 0.25) is 0 Å². The Kier molecular flexibility index (Phi) is 6.16. The maximum Gasteiger partial charge on any atom is 0.0968 e. The predicted octanol–water partition coefficient (Wildman–Crippen LogP) is 1.75. The van der Waals surface area contributed by atoms with Crippen molar-refractivity contribution in [2.24, 2.45) is 11.7 Å². The first-order valence-corrected chi connectivity index (χ1v) is 9.10. The average molecular weight is 331 g/mol. The summed E-state index contributed by atoms with van der Waals surface area (Å²) in [5.74, 6) is 1.77. The molecule has 0 bridgehead atoms. The summed E-state index contributed by atoms with van der Waals surface area (Å²) in [4.78, 5) is 8.16. The Morgan fingerprint density at radius 1 is 1.50 bits per heavy atom. The third kappa shape index (κ3) is 3.86. The number of rotatable bonds is 7. The average Bonchev–Trinajstić information content (AvgIpc) is 2.85. The van der Waals surface area contributed by atoms with Gasteiger partial charge >= 0.3 is 0 Å². The molecule has 0 saturated carbocycles. The van der Waals surface area contributed by atoms with E-state index >= 15 is 0 Å². The van der Waals surface area contributed by atoms with E-state index < -0.39 is 0 Å². The van der Waals surface area contributed by atoms with Crippen LogP contribution in [-0.2, 0) is 13.0 Å². The van der Waals surface area contributed by atoms with Crippen LogP contribution < -0.4 is 16.3 Å². The molecule has 2 rings (SSSR count). The minimum atomic E-state index is 0.447. The van der Waals surface area contributed by atoms with Gasteiger partial charge in [0.05, 0.1) is 12.4 Å². The van der Waals surface area contributed by atoms with Gasteiger partial charge in [-0.15, -0.1) is 0 Å². The molecule has 1 aromatic heterocycles. The molecule has 4 heteroatoms. The Balaban J connectivity index is 2.06. The van der Waals surface area contributed by atoms with Gasteiger partial charge in [0.25, 0.3) is 0 Å². The van der Waals surface area contributed by atoms with Crippen molar-refractivity contribution >= 4 is 12.7 Å². The van der Waals surface area contributed by atoms with E-state index in [9.17, 15) is 0 Å². The zero-order valence-electron chi connectivity index (χ0n) is 15.9. The number of hydrogen-bond donors (Lipinski definition) is 2. The Hall–Kier alpha value is -1.68. The highest BCUT2D eigenvalue weighted by atomic mass is 15.3. The number of nitrogens with zero attached hydrogens (tertiary/aromatic N) is 2. The number of H-pyrrole nitrogens is 1. The molecule has 0 amide bonds. The first kappa shape index (κ1) is 18.7. The largest absolute Gasteiger partial charge is 0.362 e. The SMILES string of the molecule is C=C(N(C)CCC(C)CCN)N1Cc2[nH]c(=C)/c(=C\C)c2CC1C. The number of aromatic nitrogens is 1. The van der Waals surface area contributed by atoms with E-state index in [4.69, 9.17) is 5.73 Å². The van der Waals surface area contributed by atoms with Crippen LogP contribution in [0, 0.1) is 5.92 Å². The second kappa shape index (κ2) is 7.93. The van der Waals surface area contributed by atoms with Crippen molar-refractivity contribution in [3.63, 3.8) is 0 Å². The van der Waals surface area contributed by atoms with E-state index in [1.54, 1.807) is 0 Å². The van der Waals surface area contributed by atoms with Crippen molar-refractivity contribution in [2.45, 2.75) is 52.6 Å². The van der Waals surface area contributed by atoms with E-state index in [1.807, 2.05) is 0 Å². The molecule has 0 aliphatic carbocycles. The minimum Gasteiger partial charge on any atom is -0.362 e. The van der Waals surface area contributed by atoms with Gasteiger partial charge in [-0.3, -0.25) is 0 Å². The summed E-state index contributed by atoms with van der Waals surface area (Å²) in [5.41, 5.74) is 8.37. The van der Waals surface area contributed by atoms with Crippen LogP contribution in [0.2, 0.25) is 0 Å². The summed E-state index contributed by atoms with van der Waals surface area (Å²) in [5, 5.41) is 2.32. The third-order valence-corrected chi connectivity index (χ3v) is 5.35. The summed E-state index contributed by atoms with van der Waals surface area (Å²) in [6.07, 6.45) is 5.45. The lowest BCUT2D eigenvalue weighted by Gasteiger charge is -2.40. The highest BCUT2D eigenvalue weighted by Gasteiger charge is 2.27. The maximum absolute atomic E-state index is 5.65. The first-order chi connectivity index (χ1) is 11.4. The van der Waals surface area contributed by atoms with Crippen molar-refractivity contribution in [3.8, 4) is 0 Å². The lowest BCUT2D eigenvalue weighted by Crippen LogP contribution is -2.43. The molecule has 0 aromatic carbocycles. The van der Waals surface area contributed by atoms with Gasteiger partial charge in [-0.1, -0.05) is 26.2 Å². The Bertz CT molecular complexity index is 673. The molecule has 1 aliphatic rings. The van der Waals surface area contributed by atoms with Crippen molar-refractivity contribution in [3.05, 3.63) is 34.2 Å². The molecule has 0 saturated heterocycles. The second-order valence-electron chi connectivity index (χ2n) is 7.25. The first-order valence-electron chi connectivity index (χ1n) is 9.10. The summed E-state index contributed by atoms with van der Waals surface area (Å²) in [6.45, 7) is 17.8. The summed E-state index contributed by atoms with van der Waals surface area (Å²) < 4.78 is 0. The fourth-order valence-corrected chi connectivity index (χ4v) is 3.65. The monoisotopic (exact) mass is 330 g/mol. The highest BCUT2D eigenvalue weighted by Crippen LogP contribution is 2.24. The number of nitrogens with two attached hydrogens (primary N) is 1. The molecule has 0 radical (unpaired) electrons. The zero-order chi connectivity index (χ0) is 17.9. The van der Waals surface area contributed by atoms with Crippen molar-refractivity contribution in [2.75, 3.05) is 20.1 Å². The zero-order valence-corrected chi connectivity index (χ0v) is 15.9. The lowest BCUT2D eigenvalue weighted by atomic mass is 9.99. The Morgan fingerprint density at radius 2 is 2.21 bits per heavy atom. The van der Waals surface area contributed by atoms with Crippen molar-refractivity contribution < 1.29 is 0 Å². The lowest BCUT2D eigenvalue weighted by molar-refractivity contribution is 0.165. The molecule has 0 fully saturated rings. The smallest absolute Gasteiger partial charge is 0.0968 e. The van der Waals surface area contributed by atoms with Gasteiger partial charge in [0, 0.05) is 30.7 Å². The molecule has 0 spiro atoms. The molecule has 134 valence electrons. The Morgan fingerprint density at radius 3 is 2.83 bits per heavy atom. The van der Waals surface area contributed by atoms with Crippen LogP contribution >= 0.6 is 0 Å². The highest BCUT2D eigenvalue weighted by molar-refractivity contribution is 5.35. The normalized spacial score (nSPS) is 19.3. The molecule has 2 heterocycles. The van der Waals surface area contributed by atoms with E-state index in [2.05, 4.69) is 61.8 Å². The van der Waals surface area contributed by atoms with Gasteiger partial charge in [-0.25, -0.2) is 0 Å². The number of nitrogens with one attached hydrogen (secondary N) is 1. The fourth-order valence-electron chi connectivity index (χ4n) is 3.65. The van der Waals surface area contributed by atoms with Gasteiger partial charge in [0.15, 0.2) is 0 Å². The van der Waals surface area contributed by atoms with E-state index in [0.717, 1.165) is 50.1 Å². The second-order valence-corrected chi connectivity index (χ2v) is 7.25. The maximum atomic E-state index is 5.65. The van der Waals surface area contributed by atoms with Crippen LogP contribution in [0.4, 0.5) is 0 Å². The van der Waals surface area contributed by atoms with Gasteiger partial charge in [-0.05, 0) is 56.4 Å². The van der Waals surface area contributed by atoms with Crippen LogP contribution in [0.15, 0.2) is 12.4 Å². The van der Waals surface area contributed by atoms with Gasteiger partial charge < -0.3 is 20.5 Å².